The van der Waals surface area contributed by atoms with Gasteiger partial charge in [0.1, 0.15) is 24.2 Å². The van der Waals surface area contributed by atoms with Gasteiger partial charge in [0.15, 0.2) is 0 Å². The van der Waals surface area contributed by atoms with Crippen LogP contribution in [0.1, 0.15) is 22.1 Å². The molecular weight excluding hydrogens is 354 g/mol. The molecule has 0 amide bonds. The van der Waals surface area contributed by atoms with E-state index in [0.29, 0.717) is 22.8 Å². The number of aliphatic hydroxyl groups excluding tert-OH is 1. The summed E-state index contributed by atoms with van der Waals surface area (Å²) in [6, 6.07) is 14.5. The molecule has 3 aromatic rings. The van der Waals surface area contributed by atoms with E-state index in [9.17, 15) is 15.0 Å². The molecule has 0 aliphatic heterocycles. The summed E-state index contributed by atoms with van der Waals surface area (Å²) >= 11 is 0.992. The van der Waals surface area contributed by atoms with Crippen molar-refractivity contribution < 1.29 is 19.7 Å². The number of benzene rings is 2. The highest BCUT2D eigenvalue weighted by Crippen LogP contribution is 2.23. The second kappa shape index (κ2) is 8.07. The monoisotopic (exact) mass is 373 g/mol. The summed E-state index contributed by atoms with van der Waals surface area (Å²) in [5.41, 5.74) is 1.66. The number of thiazole rings is 1. The standard InChI is InChI=1S/C19H19NO5S/c1-24-15-4-2-3-13(10-15)16(21)11-25-14-7-5-12(6-8-14)9-17-18(22)20-19(23)26-17/h2-8,10,16,21-22H,9,11H2,1H3,(H,20,23). The van der Waals surface area contributed by atoms with E-state index in [-0.39, 0.29) is 17.4 Å². The molecule has 0 fully saturated rings. The molecule has 6 nitrogen and oxygen atoms in total. The first kappa shape index (κ1) is 18.0. The van der Waals surface area contributed by atoms with E-state index in [4.69, 9.17) is 9.47 Å². The number of hydrogen-bond donors (Lipinski definition) is 3. The van der Waals surface area contributed by atoms with E-state index in [2.05, 4.69) is 4.98 Å². The summed E-state index contributed by atoms with van der Waals surface area (Å²) in [6.45, 7) is 0.118. The molecule has 1 unspecified atom stereocenters. The quantitative estimate of drug-likeness (QED) is 0.592. The van der Waals surface area contributed by atoms with Gasteiger partial charge in [-0.3, -0.25) is 9.78 Å². The van der Waals surface area contributed by atoms with Crippen molar-refractivity contribution in [1.29, 1.82) is 0 Å². The average Bonchev–Trinajstić information content (AvgIpc) is 2.97. The number of H-pyrrole nitrogens is 1. The fraction of sp³-hybridized carbons (Fsp3) is 0.211. The zero-order chi connectivity index (χ0) is 18.5. The third kappa shape index (κ3) is 4.44. The van der Waals surface area contributed by atoms with Crippen molar-refractivity contribution >= 4 is 11.3 Å². The Hall–Kier alpha value is -2.77. The van der Waals surface area contributed by atoms with Crippen LogP contribution >= 0.6 is 11.3 Å². The fourth-order valence-electron chi connectivity index (χ4n) is 2.48. The molecule has 3 N–H and O–H groups in total. The highest BCUT2D eigenvalue weighted by Gasteiger charge is 2.10. The lowest BCUT2D eigenvalue weighted by Crippen LogP contribution is -2.09. The number of hydrogen-bond acceptors (Lipinski definition) is 6. The highest BCUT2D eigenvalue weighted by molar-refractivity contribution is 7.09. The summed E-state index contributed by atoms with van der Waals surface area (Å²) in [6.07, 6.45) is -0.305. The van der Waals surface area contributed by atoms with Crippen molar-refractivity contribution in [3.8, 4) is 17.4 Å². The largest absolute Gasteiger partial charge is 0.497 e. The molecule has 2 aromatic carbocycles. The number of aromatic amines is 1. The maximum absolute atomic E-state index is 11.2. The zero-order valence-corrected chi connectivity index (χ0v) is 15.0. The Morgan fingerprint density at radius 2 is 1.92 bits per heavy atom. The Morgan fingerprint density at radius 1 is 1.15 bits per heavy atom. The predicted molar refractivity (Wildman–Crippen MR) is 99.3 cm³/mol. The predicted octanol–water partition coefficient (Wildman–Crippen LogP) is 2.85. The Kier molecular flexibility index (Phi) is 5.60. The molecule has 0 saturated heterocycles. The van der Waals surface area contributed by atoms with Gasteiger partial charge in [0.25, 0.3) is 0 Å². The second-order valence-electron chi connectivity index (χ2n) is 5.71. The molecule has 0 bridgehead atoms. The molecule has 0 spiro atoms. The summed E-state index contributed by atoms with van der Waals surface area (Å²) < 4.78 is 10.8. The van der Waals surface area contributed by atoms with E-state index in [1.54, 1.807) is 25.3 Å². The van der Waals surface area contributed by atoms with Gasteiger partial charge in [0.2, 0.25) is 5.88 Å². The number of methoxy groups -OCH3 is 1. The van der Waals surface area contributed by atoms with Crippen LogP contribution in [0.4, 0.5) is 0 Å². The summed E-state index contributed by atoms with van der Waals surface area (Å²) in [5, 5.41) is 19.9. The minimum atomic E-state index is -0.765. The summed E-state index contributed by atoms with van der Waals surface area (Å²) in [4.78, 5) is 13.9. The Morgan fingerprint density at radius 3 is 2.58 bits per heavy atom. The van der Waals surface area contributed by atoms with Gasteiger partial charge in [-0.15, -0.1) is 0 Å². The minimum absolute atomic E-state index is 0.0817. The van der Waals surface area contributed by atoms with Gasteiger partial charge < -0.3 is 19.7 Å². The minimum Gasteiger partial charge on any atom is -0.497 e. The smallest absolute Gasteiger partial charge is 0.307 e. The number of nitrogens with one attached hydrogen (secondary N) is 1. The van der Waals surface area contributed by atoms with E-state index < -0.39 is 6.10 Å². The molecule has 3 rings (SSSR count). The van der Waals surface area contributed by atoms with Crippen LogP contribution in [0.5, 0.6) is 17.4 Å². The molecule has 136 valence electrons. The third-order valence-electron chi connectivity index (χ3n) is 3.87. The van der Waals surface area contributed by atoms with Gasteiger partial charge in [-0.2, -0.15) is 0 Å². The van der Waals surface area contributed by atoms with Crippen molar-refractivity contribution in [1.82, 2.24) is 4.98 Å². The molecule has 0 radical (unpaired) electrons. The normalized spacial score (nSPS) is 11.9. The number of aromatic nitrogens is 1. The van der Waals surface area contributed by atoms with Crippen LogP contribution in [-0.2, 0) is 6.42 Å². The number of aromatic hydroxyl groups is 1. The van der Waals surface area contributed by atoms with Gasteiger partial charge in [0, 0.05) is 6.42 Å². The topological polar surface area (TPSA) is 91.8 Å². The first-order valence-electron chi connectivity index (χ1n) is 8.00. The lowest BCUT2D eigenvalue weighted by molar-refractivity contribution is 0.108. The van der Waals surface area contributed by atoms with Gasteiger partial charge in [0.05, 0.1) is 12.0 Å². The van der Waals surface area contributed by atoms with Crippen molar-refractivity contribution in [2.24, 2.45) is 0 Å². The first-order valence-corrected chi connectivity index (χ1v) is 8.81. The van der Waals surface area contributed by atoms with Crippen molar-refractivity contribution in [3.05, 3.63) is 74.2 Å². The highest BCUT2D eigenvalue weighted by atomic mass is 32.1. The van der Waals surface area contributed by atoms with E-state index >= 15 is 0 Å². The molecule has 7 heteroatoms. The summed E-state index contributed by atoms with van der Waals surface area (Å²) in [7, 11) is 1.58. The van der Waals surface area contributed by atoms with Crippen molar-refractivity contribution in [2.45, 2.75) is 12.5 Å². The number of rotatable bonds is 7. The SMILES string of the molecule is COc1cccc(C(O)COc2ccc(Cc3sc(=O)[nH]c3O)cc2)c1. The lowest BCUT2D eigenvalue weighted by Gasteiger charge is -2.14. The molecule has 1 aromatic heterocycles. The fourth-order valence-corrected chi connectivity index (χ4v) is 3.24. The second-order valence-corrected chi connectivity index (χ2v) is 6.78. The average molecular weight is 373 g/mol. The number of ether oxygens (including phenoxy) is 2. The van der Waals surface area contributed by atoms with Crippen LogP contribution in [0.3, 0.4) is 0 Å². The molecule has 26 heavy (non-hydrogen) atoms. The summed E-state index contributed by atoms with van der Waals surface area (Å²) in [5.74, 6) is 1.23. The van der Waals surface area contributed by atoms with Crippen LogP contribution in [0.2, 0.25) is 0 Å². The van der Waals surface area contributed by atoms with Gasteiger partial charge in [-0.05, 0) is 35.4 Å². The van der Waals surface area contributed by atoms with Crippen LogP contribution in [0.15, 0.2) is 53.3 Å². The van der Waals surface area contributed by atoms with E-state index in [1.807, 2.05) is 30.3 Å². The Bertz CT molecular complexity index is 916. The van der Waals surface area contributed by atoms with Crippen LogP contribution in [0.25, 0.3) is 0 Å². The van der Waals surface area contributed by atoms with Crippen LogP contribution in [-0.4, -0.2) is 28.9 Å². The van der Waals surface area contributed by atoms with Gasteiger partial charge in [-0.1, -0.05) is 35.6 Å². The first-order chi connectivity index (χ1) is 12.5. The van der Waals surface area contributed by atoms with Crippen LogP contribution in [0, 0.1) is 0 Å². The molecule has 0 saturated carbocycles. The number of aliphatic hydroxyl groups is 1. The molecule has 0 aliphatic rings. The zero-order valence-electron chi connectivity index (χ0n) is 14.1. The van der Waals surface area contributed by atoms with Crippen LogP contribution < -0.4 is 14.3 Å². The molecule has 1 heterocycles. The maximum atomic E-state index is 11.2. The maximum Gasteiger partial charge on any atom is 0.307 e. The van der Waals surface area contributed by atoms with Crippen molar-refractivity contribution in [3.63, 3.8) is 0 Å². The van der Waals surface area contributed by atoms with Crippen molar-refractivity contribution in [2.75, 3.05) is 13.7 Å². The molecular formula is C19H19NO5S. The van der Waals surface area contributed by atoms with Gasteiger partial charge in [-0.25, -0.2) is 0 Å². The van der Waals surface area contributed by atoms with Gasteiger partial charge >= 0.3 is 4.87 Å². The lowest BCUT2D eigenvalue weighted by atomic mass is 10.1. The molecule has 0 aliphatic carbocycles. The Labute approximate surface area is 154 Å². The molecule has 1 atom stereocenters. The van der Waals surface area contributed by atoms with E-state index in [1.165, 1.54) is 0 Å². The van der Waals surface area contributed by atoms with E-state index in [0.717, 1.165) is 22.5 Å². The Balaban J connectivity index is 1.58. The third-order valence-corrected chi connectivity index (χ3v) is 4.75.